The first-order valence-electron chi connectivity index (χ1n) is 3.20. The second-order valence-electron chi connectivity index (χ2n) is 1.83. The number of carbonyl (C=O) groups excluding carboxylic acids is 1. The lowest BCUT2D eigenvalue weighted by Crippen LogP contribution is -1.75. The molecular formula is C8H12OS. The third-order valence-corrected chi connectivity index (χ3v) is 1.86. The molecule has 0 heterocycles. The first kappa shape index (κ1) is 9.50. The SMILES string of the molecule is C=C(CCC=O)S/C=C\C. The lowest BCUT2D eigenvalue weighted by molar-refractivity contribution is -0.107. The van der Waals surface area contributed by atoms with E-state index < -0.39 is 0 Å². The summed E-state index contributed by atoms with van der Waals surface area (Å²) in [5.41, 5.74) is 0. The molecule has 0 aliphatic rings. The standard InChI is InChI=1S/C8H12OS/c1-3-7-10-8(2)5-4-6-9/h3,6-7H,2,4-5H2,1H3/b7-3-. The van der Waals surface area contributed by atoms with Crippen LogP contribution in [0.2, 0.25) is 0 Å². The zero-order valence-electron chi connectivity index (χ0n) is 6.17. The Hall–Kier alpha value is -0.500. The average molecular weight is 156 g/mol. The number of aldehydes is 1. The van der Waals surface area contributed by atoms with E-state index in [1.165, 1.54) is 0 Å². The first-order chi connectivity index (χ1) is 4.81. The molecule has 0 unspecified atom stereocenters. The van der Waals surface area contributed by atoms with Gasteiger partial charge in [-0.25, -0.2) is 0 Å². The Labute approximate surface area is 66.2 Å². The van der Waals surface area contributed by atoms with Crippen LogP contribution >= 0.6 is 11.8 Å². The van der Waals surface area contributed by atoms with Gasteiger partial charge in [-0.2, -0.15) is 0 Å². The van der Waals surface area contributed by atoms with Gasteiger partial charge in [-0.1, -0.05) is 12.7 Å². The van der Waals surface area contributed by atoms with Gasteiger partial charge < -0.3 is 4.79 Å². The number of thioether (sulfide) groups is 1. The number of hydrogen-bond acceptors (Lipinski definition) is 2. The summed E-state index contributed by atoms with van der Waals surface area (Å²) in [5.74, 6) is 0. The molecule has 0 spiro atoms. The monoisotopic (exact) mass is 156 g/mol. The molecule has 0 saturated carbocycles. The van der Waals surface area contributed by atoms with Crippen molar-refractivity contribution in [3.63, 3.8) is 0 Å². The largest absolute Gasteiger partial charge is 0.303 e. The van der Waals surface area contributed by atoms with E-state index in [1.807, 2.05) is 18.4 Å². The van der Waals surface area contributed by atoms with Crippen LogP contribution < -0.4 is 0 Å². The Morgan fingerprint density at radius 1 is 1.70 bits per heavy atom. The fourth-order valence-electron chi connectivity index (χ4n) is 0.443. The molecule has 0 atom stereocenters. The minimum absolute atomic E-state index is 0.587. The minimum Gasteiger partial charge on any atom is -0.303 e. The molecule has 0 aliphatic heterocycles. The van der Waals surface area contributed by atoms with E-state index in [9.17, 15) is 4.79 Å². The third kappa shape index (κ3) is 5.63. The molecule has 0 radical (unpaired) electrons. The number of hydrogen-bond donors (Lipinski definition) is 0. The summed E-state index contributed by atoms with van der Waals surface area (Å²) in [5, 5.41) is 1.97. The fraction of sp³-hybridized carbons (Fsp3) is 0.375. The lowest BCUT2D eigenvalue weighted by Gasteiger charge is -1.95. The molecule has 0 aliphatic carbocycles. The summed E-state index contributed by atoms with van der Waals surface area (Å²) in [4.78, 5) is 11.0. The van der Waals surface area contributed by atoms with Crippen LogP contribution in [0.3, 0.4) is 0 Å². The highest BCUT2D eigenvalue weighted by atomic mass is 32.2. The summed E-state index contributed by atoms with van der Waals surface area (Å²) >= 11 is 1.58. The van der Waals surface area contributed by atoms with Gasteiger partial charge in [0.25, 0.3) is 0 Å². The lowest BCUT2D eigenvalue weighted by atomic mass is 10.3. The highest BCUT2D eigenvalue weighted by Crippen LogP contribution is 2.18. The molecule has 1 nitrogen and oxygen atoms in total. The molecule has 0 N–H and O–H groups in total. The summed E-state index contributed by atoms with van der Waals surface area (Å²) in [6, 6.07) is 0. The van der Waals surface area contributed by atoms with Crippen molar-refractivity contribution in [1.82, 2.24) is 0 Å². The molecule has 0 rings (SSSR count). The highest BCUT2D eigenvalue weighted by Gasteiger charge is 1.89. The smallest absolute Gasteiger partial charge is 0.120 e. The summed E-state index contributed by atoms with van der Waals surface area (Å²) in [6.45, 7) is 5.74. The predicted octanol–water partition coefficient (Wildman–Crippen LogP) is 2.75. The fourth-order valence-corrected chi connectivity index (χ4v) is 1.01. The van der Waals surface area contributed by atoms with E-state index in [2.05, 4.69) is 6.58 Å². The van der Waals surface area contributed by atoms with Crippen LogP contribution in [-0.2, 0) is 4.79 Å². The second kappa shape index (κ2) is 6.62. The summed E-state index contributed by atoms with van der Waals surface area (Å²) in [7, 11) is 0. The topological polar surface area (TPSA) is 17.1 Å². The van der Waals surface area contributed by atoms with E-state index in [1.54, 1.807) is 11.8 Å². The zero-order chi connectivity index (χ0) is 7.82. The van der Waals surface area contributed by atoms with Gasteiger partial charge in [0.05, 0.1) is 0 Å². The van der Waals surface area contributed by atoms with Crippen molar-refractivity contribution in [1.29, 1.82) is 0 Å². The van der Waals surface area contributed by atoms with Crippen LogP contribution in [-0.4, -0.2) is 6.29 Å². The van der Waals surface area contributed by atoms with Crippen molar-refractivity contribution in [3.8, 4) is 0 Å². The van der Waals surface area contributed by atoms with Crippen molar-refractivity contribution in [2.45, 2.75) is 19.8 Å². The van der Waals surface area contributed by atoms with Crippen molar-refractivity contribution in [2.75, 3.05) is 0 Å². The van der Waals surface area contributed by atoms with E-state index in [0.29, 0.717) is 6.42 Å². The Morgan fingerprint density at radius 2 is 2.40 bits per heavy atom. The van der Waals surface area contributed by atoms with E-state index in [-0.39, 0.29) is 0 Å². The predicted molar refractivity (Wildman–Crippen MR) is 46.8 cm³/mol. The van der Waals surface area contributed by atoms with E-state index in [4.69, 9.17) is 0 Å². The van der Waals surface area contributed by atoms with Crippen LogP contribution in [0.5, 0.6) is 0 Å². The summed E-state index contributed by atoms with van der Waals surface area (Å²) in [6.07, 6.45) is 4.25. The van der Waals surface area contributed by atoms with Gasteiger partial charge in [-0.15, -0.1) is 11.8 Å². The number of carbonyl (C=O) groups is 1. The van der Waals surface area contributed by atoms with Crippen LogP contribution in [0.15, 0.2) is 23.0 Å². The van der Waals surface area contributed by atoms with Gasteiger partial charge in [0.1, 0.15) is 6.29 Å². The van der Waals surface area contributed by atoms with Crippen LogP contribution in [0, 0.1) is 0 Å². The Kier molecular flexibility index (Phi) is 6.29. The van der Waals surface area contributed by atoms with Gasteiger partial charge >= 0.3 is 0 Å². The number of allylic oxidation sites excluding steroid dienone is 2. The van der Waals surface area contributed by atoms with Crippen LogP contribution in [0.1, 0.15) is 19.8 Å². The van der Waals surface area contributed by atoms with Gasteiger partial charge in [0.2, 0.25) is 0 Å². The molecule has 0 saturated heterocycles. The Bertz CT molecular complexity index is 138. The molecule has 0 fully saturated rings. The summed E-state index contributed by atoms with van der Waals surface area (Å²) < 4.78 is 0. The third-order valence-electron chi connectivity index (χ3n) is 0.912. The maximum Gasteiger partial charge on any atom is 0.120 e. The minimum atomic E-state index is 0.587. The molecular weight excluding hydrogens is 144 g/mol. The van der Waals surface area contributed by atoms with E-state index >= 15 is 0 Å². The average Bonchev–Trinajstić information content (AvgIpc) is 1.97. The molecule has 0 aromatic carbocycles. The normalized spacial score (nSPS) is 10.1. The van der Waals surface area contributed by atoms with Crippen molar-refractivity contribution in [2.24, 2.45) is 0 Å². The Balaban J connectivity index is 3.34. The molecule has 0 bridgehead atoms. The first-order valence-corrected chi connectivity index (χ1v) is 4.08. The van der Waals surface area contributed by atoms with Crippen molar-refractivity contribution in [3.05, 3.63) is 23.0 Å². The van der Waals surface area contributed by atoms with Gasteiger partial charge in [0, 0.05) is 6.42 Å². The van der Waals surface area contributed by atoms with Gasteiger partial charge in [0.15, 0.2) is 0 Å². The van der Waals surface area contributed by atoms with Crippen molar-refractivity contribution < 1.29 is 4.79 Å². The van der Waals surface area contributed by atoms with E-state index in [0.717, 1.165) is 17.6 Å². The highest BCUT2D eigenvalue weighted by molar-refractivity contribution is 8.05. The quantitative estimate of drug-likeness (QED) is 0.569. The molecule has 0 aromatic rings. The zero-order valence-corrected chi connectivity index (χ0v) is 6.99. The van der Waals surface area contributed by atoms with Crippen LogP contribution in [0.25, 0.3) is 0 Å². The molecule has 2 heteroatoms. The van der Waals surface area contributed by atoms with Gasteiger partial charge in [-0.05, 0) is 23.7 Å². The van der Waals surface area contributed by atoms with Crippen molar-refractivity contribution >= 4 is 18.0 Å². The molecule has 0 aromatic heterocycles. The van der Waals surface area contributed by atoms with Gasteiger partial charge in [-0.3, -0.25) is 0 Å². The Morgan fingerprint density at radius 3 is 2.90 bits per heavy atom. The molecule has 56 valence electrons. The maximum atomic E-state index is 9.91. The maximum absolute atomic E-state index is 9.91. The molecule has 10 heavy (non-hydrogen) atoms. The second-order valence-corrected chi connectivity index (χ2v) is 2.92. The number of rotatable bonds is 5. The van der Waals surface area contributed by atoms with Crippen LogP contribution in [0.4, 0.5) is 0 Å². The molecule has 0 amide bonds.